The van der Waals surface area contributed by atoms with Crippen LogP contribution in [0.2, 0.25) is 0 Å². The minimum absolute atomic E-state index is 0.140. The zero-order chi connectivity index (χ0) is 9.84. The van der Waals surface area contributed by atoms with Crippen molar-refractivity contribution in [2.75, 3.05) is 19.6 Å². The van der Waals surface area contributed by atoms with E-state index in [4.69, 9.17) is 11.5 Å². The molecule has 6 heteroatoms. The molecule has 5 N–H and O–H groups in total. The van der Waals surface area contributed by atoms with Crippen LogP contribution in [0.25, 0.3) is 0 Å². The maximum absolute atomic E-state index is 11.0. The molecule has 0 spiro atoms. The Hall–Kier alpha value is -1.14. The molecule has 1 atom stereocenters. The number of hydrogen-bond donors (Lipinski definition) is 3. The van der Waals surface area contributed by atoms with Crippen LogP contribution in [-0.2, 0) is 4.79 Å². The fourth-order valence-electron chi connectivity index (χ4n) is 1.39. The number of likely N-dealkylation sites (tertiary alicyclic amines) is 1. The van der Waals surface area contributed by atoms with E-state index in [9.17, 15) is 9.59 Å². The Balaban J connectivity index is 2.24. The van der Waals surface area contributed by atoms with E-state index in [1.807, 2.05) is 10.2 Å². The number of imide groups is 1. The summed E-state index contributed by atoms with van der Waals surface area (Å²) in [5.41, 5.74) is 10.4. The third kappa shape index (κ3) is 3.39. The molecule has 0 bridgehead atoms. The van der Waals surface area contributed by atoms with Crippen molar-refractivity contribution < 1.29 is 9.59 Å². The maximum atomic E-state index is 11.0. The lowest BCUT2D eigenvalue weighted by Crippen LogP contribution is -2.42. The molecule has 1 rings (SSSR count). The predicted molar refractivity (Wildman–Crippen MR) is 46.8 cm³/mol. The topological polar surface area (TPSA) is 101 Å². The molecule has 0 aromatic carbocycles. The van der Waals surface area contributed by atoms with Crippen LogP contribution in [-0.4, -0.2) is 42.5 Å². The van der Waals surface area contributed by atoms with Crippen LogP contribution < -0.4 is 16.8 Å². The van der Waals surface area contributed by atoms with Crippen LogP contribution in [0.4, 0.5) is 4.79 Å². The summed E-state index contributed by atoms with van der Waals surface area (Å²) in [5, 5.41) is 2.00. The van der Waals surface area contributed by atoms with Crippen LogP contribution in [0.5, 0.6) is 0 Å². The fraction of sp³-hybridized carbons (Fsp3) is 0.714. The Kier molecular flexibility index (Phi) is 3.21. The average molecular weight is 186 g/mol. The highest BCUT2D eigenvalue weighted by Gasteiger charge is 2.21. The second-order valence-corrected chi connectivity index (χ2v) is 3.20. The number of hydrogen-bond acceptors (Lipinski definition) is 4. The lowest BCUT2D eigenvalue weighted by Gasteiger charge is -2.13. The van der Waals surface area contributed by atoms with Gasteiger partial charge in [-0.15, -0.1) is 0 Å². The van der Waals surface area contributed by atoms with E-state index >= 15 is 0 Å². The summed E-state index contributed by atoms with van der Waals surface area (Å²) in [6, 6.07) is -0.671. The van der Waals surface area contributed by atoms with Crippen LogP contribution in [0, 0.1) is 0 Å². The Morgan fingerprint density at radius 3 is 2.69 bits per heavy atom. The number of amides is 3. The molecule has 0 radical (unpaired) electrons. The largest absolute Gasteiger partial charge is 0.351 e. The summed E-state index contributed by atoms with van der Waals surface area (Å²) in [6.45, 7) is 1.69. The van der Waals surface area contributed by atoms with Crippen molar-refractivity contribution >= 4 is 11.9 Å². The predicted octanol–water partition coefficient (Wildman–Crippen LogP) is -1.79. The monoisotopic (exact) mass is 186 g/mol. The third-order valence-corrected chi connectivity index (χ3v) is 1.94. The second-order valence-electron chi connectivity index (χ2n) is 3.20. The summed E-state index contributed by atoms with van der Waals surface area (Å²) in [7, 11) is 0. The molecule has 1 heterocycles. The summed E-state index contributed by atoms with van der Waals surface area (Å²) >= 11 is 0. The molecule has 6 nitrogen and oxygen atoms in total. The number of carbonyl (C=O) groups excluding carboxylic acids is 2. The molecule has 0 aromatic heterocycles. The zero-order valence-electron chi connectivity index (χ0n) is 7.32. The fourth-order valence-corrected chi connectivity index (χ4v) is 1.39. The van der Waals surface area contributed by atoms with Gasteiger partial charge in [-0.25, -0.2) is 4.79 Å². The first-order chi connectivity index (χ1) is 6.08. The number of nitrogens with two attached hydrogens (primary N) is 2. The SMILES string of the molecule is NC(=O)NC(=O)CN1CC[C@H](N)C1. The normalized spacial score (nSPS) is 23.0. The summed E-state index contributed by atoms with van der Waals surface area (Å²) in [6.07, 6.45) is 0.893. The molecule has 3 amide bonds. The van der Waals surface area contributed by atoms with Crippen LogP contribution >= 0.6 is 0 Å². The molecule has 0 aliphatic carbocycles. The number of primary amides is 1. The summed E-state index contributed by atoms with van der Waals surface area (Å²) < 4.78 is 0. The Morgan fingerprint density at radius 1 is 1.54 bits per heavy atom. The summed E-state index contributed by atoms with van der Waals surface area (Å²) in [5.74, 6) is -0.374. The van der Waals surface area contributed by atoms with Crippen LogP contribution in [0.3, 0.4) is 0 Å². The molecule has 0 aromatic rings. The molecule has 1 fully saturated rings. The van der Waals surface area contributed by atoms with E-state index in [-0.39, 0.29) is 18.5 Å². The van der Waals surface area contributed by atoms with Crippen molar-refractivity contribution in [1.29, 1.82) is 0 Å². The number of carbonyl (C=O) groups is 2. The van der Waals surface area contributed by atoms with Crippen molar-refractivity contribution in [1.82, 2.24) is 10.2 Å². The molecular weight excluding hydrogens is 172 g/mol. The van der Waals surface area contributed by atoms with Crippen molar-refractivity contribution in [3.8, 4) is 0 Å². The Labute approximate surface area is 76.2 Å². The first-order valence-electron chi connectivity index (χ1n) is 4.15. The van der Waals surface area contributed by atoms with Gasteiger partial charge in [0.1, 0.15) is 0 Å². The molecule has 1 aliphatic rings. The minimum atomic E-state index is -0.812. The molecule has 1 aliphatic heterocycles. The lowest BCUT2D eigenvalue weighted by molar-refractivity contribution is -0.120. The van der Waals surface area contributed by atoms with Crippen molar-refractivity contribution in [2.24, 2.45) is 11.5 Å². The molecular formula is C7H14N4O2. The lowest BCUT2D eigenvalue weighted by atomic mass is 10.3. The molecule has 0 saturated carbocycles. The van der Waals surface area contributed by atoms with Gasteiger partial charge in [-0.1, -0.05) is 0 Å². The zero-order valence-corrected chi connectivity index (χ0v) is 7.32. The number of nitrogens with one attached hydrogen (secondary N) is 1. The van der Waals surface area contributed by atoms with Gasteiger partial charge in [0.25, 0.3) is 0 Å². The maximum Gasteiger partial charge on any atom is 0.318 e. The van der Waals surface area contributed by atoms with Crippen LogP contribution in [0.15, 0.2) is 0 Å². The minimum Gasteiger partial charge on any atom is -0.351 e. The van der Waals surface area contributed by atoms with Gasteiger partial charge < -0.3 is 11.5 Å². The van der Waals surface area contributed by atoms with Crippen molar-refractivity contribution in [3.05, 3.63) is 0 Å². The van der Waals surface area contributed by atoms with E-state index in [1.165, 1.54) is 0 Å². The van der Waals surface area contributed by atoms with Gasteiger partial charge in [0.05, 0.1) is 6.54 Å². The van der Waals surface area contributed by atoms with E-state index in [0.29, 0.717) is 6.54 Å². The van der Waals surface area contributed by atoms with Crippen molar-refractivity contribution in [3.63, 3.8) is 0 Å². The standard InChI is InChI=1S/C7H14N4O2/c8-5-1-2-11(3-5)4-6(12)10-7(9)13/h5H,1-4,8H2,(H3,9,10,12,13)/t5-/m0/s1. The number of urea groups is 1. The van der Waals surface area contributed by atoms with Gasteiger partial charge in [-0.3, -0.25) is 15.0 Å². The summed E-state index contributed by atoms with van der Waals surface area (Å²) in [4.78, 5) is 23.2. The average Bonchev–Trinajstić information content (AvgIpc) is 2.33. The highest BCUT2D eigenvalue weighted by Crippen LogP contribution is 2.05. The van der Waals surface area contributed by atoms with Gasteiger partial charge in [0.15, 0.2) is 0 Å². The van der Waals surface area contributed by atoms with Crippen LogP contribution in [0.1, 0.15) is 6.42 Å². The highest BCUT2D eigenvalue weighted by molar-refractivity contribution is 5.94. The van der Waals surface area contributed by atoms with Gasteiger partial charge in [-0.05, 0) is 6.42 Å². The van der Waals surface area contributed by atoms with Crippen molar-refractivity contribution in [2.45, 2.75) is 12.5 Å². The van der Waals surface area contributed by atoms with Gasteiger partial charge in [0.2, 0.25) is 5.91 Å². The number of rotatable bonds is 2. The highest BCUT2D eigenvalue weighted by atomic mass is 16.2. The van der Waals surface area contributed by atoms with E-state index in [1.54, 1.807) is 0 Å². The molecule has 1 saturated heterocycles. The quantitative estimate of drug-likeness (QED) is 0.474. The van der Waals surface area contributed by atoms with Gasteiger partial charge in [0, 0.05) is 19.1 Å². The van der Waals surface area contributed by atoms with Gasteiger partial charge in [-0.2, -0.15) is 0 Å². The Bertz CT molecular complexity index is 219. The molecule has 0 unspecified atom stereocenters. The number of nitrogens with zero attached hydrogens (tertiary/aromatic N) is 1. The van der Waals surface area contributed by atoms with E-state index < -0.39 is 6.03 Å². The Morgan fingerprint density at radius 2 is 2.23 bits per heavy atom. The van der Waals surface area contributed by atoms with E-state index in [0.717, 1.165) is 13.0 Å². The smallest absolute Gasteiger partial charge is 0.318 e. The molecule has 13 heavy (non-hydrogen) atoms. The first-order valence-corrected chi connectivity index (χ1v) is 4.15. The molecule has 74 valence electrons. The van der Waals surface area contributed by atoms with Gasteiger partial charge >= 0.3 is 6.03 Å². The third-order valence-electron chi connectivity index (χ3n) is 1.94. The van der Waals surface area contributed by atoms with E-state index in [2.05, 4.69) is 0 Å². The second kappa shape index (κ2) is 4.20. The first kappa shape index (κ1) is 9.94.